The van der Waals surface area contributed by atoms with E-state index in [-0.39, 0.29) is 18.8 Å². The van der Waals surface area contributed by atoms with Gasteiger partial charge in [0, 0.05) is 25.1 Å². The van der Waals surface area contributed by atoms with Gasteiger partial charge in [-0.3, -0.25) is 4.79 Å². The first kappa shape index (κ1) is 14.4. The van der Waals surface area contributed by atoms with E-state index in [0.29, 0.717) is 11.7 Å². The molecular formula is C13H16F3N3O2. The fraction of sp³-hybridized carbons (Fsp3) is 0.692. The third-order valence-corrected chi connectivity index (χ3v) is 3.98. The fourth-order valence-electron chi connectivity index (χ4n) is 2.68. The Hall–Kier alpha value is -1.57. The molecule has 21 heavy (non-hydrogen) atoms. The van der Waals surface area contributed by atoms with Crippen LogP contribution in [0.2, 0.25) is 0 Å². The summed E-state index contributed by atoms with van der Waals surface area (Å²) in [5.41, 5.74) is 0.0485. The lowest BCUT2D eigenvalue weighted by molar-refractivity contribution is -0.174. The van der Waals surface area contributed by atoms with E-state index >= 15 is 0 Å². The highest BCUT2D eigenvalue weighted by Crippen LogP contribution is 2.40. The van der Waals surface area contributed by atoms with Gasteiger partial charge in [0.15, 0.2) is 5.69 Å². The minimum Gasteiger partial charge on any atom is -0.360 e. The van der Waals surface area contributed by atoms with Gasteiger partial charge in [-0.1, -0.05) is 5.16 Å². The van der Waals surface area contributed by atoms with Crippen molar-refractivity contribution in [2.45, 2.75) is 31.0 Å². The van der Waals surface area contributed by atoms with Crippen LogP contribution in [0.5, 0.6) is 0 Å². The Morgan fingerprint density at radius 3 is 2.76 bits per heavy atom. The van der Waals surface area contributed by atoms with E-state index in [1.807, 2.05) is 0 Å². The highest BCUT2D eigenvalue weighted by atomic mass is 19.4. The molecule has 116 valence electrons. The van der Waals surface area contributed by atoms with E-state index in [1.54, 1.807) is 11.9 Å². The molecule has 1 saturated carbocycles. The highest BCUT2D eigenvalue weighted by molar-refractivity contribution is 5.92. The van der Waals surface area contributed by atoms with Crippen molar-refractivity contribution in [1.82, 2.24) is 15.4 Å². The molecule has 2 aliphatic rings. The second-order valence-corrected chi connectivity index (χ2v) is 5.84. The van der Waals surface area contributed by atoms with Crippen LogP contribution in [0.25, 0.3) is 0 Å². The number of hydrogen-bond acceptors (Lipinski definition) is 4. The molecule has 1 aromatic rings. The third kappa shape index (κ3) is 3.04. The lowest BCUT2D eigenvalue weighted by atomic mass is 10.0. The second-order valence-electron chi connectivity index (χ2n) is 5.84. The quantitative estimate of drug-likeness (QED) is 0.924. The van der Waals surface area contributed by atoms with Gasteiger partial charge in [0.05, 0.1) is 12.0 Å². The molecule has 0 bridgehead atoms. The van der Waals surface area contributed by atoms with Gasteiger partial charge in [-0.05, 0) is 19.9 Å². The lowest BCUT2D eigenvalue weighted by Gasteiger charge is -2.21. The molecule has 5 nitrogen and oxygen atoms in total. The van der Waals surface area contributed by atoms with Crippen LogP contribution in [0.1, 0.15) is 35.0 Å². The first-order chi connectivity index (χ1) is 9.84. The average Bonchev–Trinajstić information content (AvgIpc) is 2.98. The zero-order valence-electron chi connectivity index (χ0n) is 11.5. The van der Waals surface area contributed by atoms with Crippen LogP contribution in [-0.4, -0.2) is 48.3 Å². The standard InChI is InChI=1S/C13H16F3N3O2/c1-19-5-8(13(14,15)16)10(6-19)17-12(20)9-4-11(21-18-9)7-2-3-7/h4,7-8,10H,2-3,5-6H2,1H3,(H,17,20). The summed E-state index contributed by atoms with van der Waals surface area (Å²) in [5.74, 6) is -1.22. The zero-order valence-corrected chi connectivity index (χ0v) is 11.5. The number of halogens is 3. The summed E-state index contributed by atoms with van der Waals surface area (Å²) in [6.45, 7) is 0.0594. The predicted octanol–water partition coefficient (Wildman–Crippen LogP) is 1.77. The molecule has 0 radical (unpaired) electrons. The van der Waals surface area contributed by atoms with Crippen LogP contribution in [0, 0.1) is 5.92 Å². The largest absolute Gasteiger partial charge is 0.395 e. The number of hydrogen-bond donors (Lipinski definition) is 1. The summed E-state index contributed by atoms with van der Waals surface area (Å²) in [7, 11) is 1.60. The second kappa shape index (κ2) is 5.01. The number of rotatable bonds is 3. The topological polar surface area (TPSA) is 58.4 Å². The lowest BCUT2D eigenvalue weighted by Crippen LogP contribution is -2.45. The van der Waals surface area contributed by atoms with Crippen molar-refractivity contribution in [3.63, 3.8) is 0 Å². The van der Waals surface area contributed by atoms with Gasteiger partial charge in [-0.2, -0.15) is 13.2 Å². The fourth-order valence-corrected chi connectivity index (χ4v) is 2.68. The van der Waals surface area contributed by atoms with E-state index in [0.717, 1.165) is 12.8 Å². The van der Waals surface area contributed by atoms with Crippen molar-refractivity contribution in [2.75, 3.05) is 20.1 Å². The number of alkyl halides is 3. The first-order valence-corrected chi connectivity index (χ1v) is 6.87. The molecule has 2 unspecified atom stereocenters. The molecule has 3 rings (SSSR count). The van der Waals surface area contributed by atoms with Crippen LogP contribution in [0.3, 0.4) is 0 Å². The molecule has 1 aliphatic heterocycles. The number of nitrogens with one attached hydrogen (secondary N) is 1. The Bertz CT molecular complexity index is 539. The molecule has 1 aromatic heterocycles. The Balaban J connectivity index is 1.67. The Morgan fingerprint density at radius 2 is 2.14 bits per heavy atom. The number of aromatic nitrogens is 1. The SMILES string of the molecule is CN1CC(NC(=O)c2cc(C3CC3)on2)C(C(F)(F)F)C1. The van der Waals surface area contributed by atoms with Crippen molar-refractivity contribution >= 4 is 5.91 Å². The van der Waals surface area contributed by atoms with Crippen LogP contribution >= 0.6 is 0 Å². The minimum atomic E-state index is -4.33. The van der Waals surface area contributed by atoms with E-state index < -0.39 is 24.0 Å². The van der Waals surface area contributed by atoms with Gasteiger partial charge in [-0.25, -0.2) is 0 Å². The number of carbonyl (C=O) groups is 1. The molecule has 8 heteroatoms. The van der Waals surface area contributed by atoms with Crippen LogP contribution in [0.15, 0.2) is 10.6 Å². The minimum absolute atomic E-state index is 0.0485. The van der Waals surface area contributed by atoms with Gasteiger partial charge >= 0.3 is 6.18 Å². The average molecular weight is 303 g/mol. The van der Waals surface area contributed by atoms with Crippen molar-refractivity contribution < 1.29 is 22.5 Å². The number of likely N-dealkylation sites (tertiary alicyclic amines) is 1. The Morgan fingerprint density at radius 1 is 1.43 bits per heavy atom. The maximum absolute atomic E-state index is 12.9. The van der Waals surface area contributed by atoms with Gasteiger partial charge in [-0.15, -0.1) is 0 Å². The van der Waals surface area contributed by atoms with Crippen LogP contribution in [0.4, 0.5) is 13.2 Å². The van der Waals surface area contributed by atoms with Gasteiger partial charge in [0.25, 0.3) is 5.91 Å². The first-order valence-electron chi connectivity index (χ1n) is 6.87. The van der Waals surface area contributed by atoms with Gasteiger partial charge in [0.2, 0.25) is 0 Å². The molecule has 0 spiro atoms. The van der Waals surface area contributed by atoms with Gasteiger partial charge in [0.1, 0.15) is 5.76 Å². The molecule has 0 aromatic carbocycles. The molecule has 1 saturated heterocycles. The summed E-state index contributed by atoms with van der Waals surface area (Å²) < 4.78 is 43.9. The van der Waals surface area contributed by atoms with E-state index in [9.17, 15) is 18.0 Å². The van der Waals surface area contributed by atoms with E-state index in [4.69, 9.17) is 4.52 Å². The maximum atomic E-state index is 12.9. The zero-order chi connectivity index (χ0) is 15.2. The number of carbonyl (C=O) groups excluding carboxylic acids is 1. The normalized spacial score (nSPS) is 27.0. The molecule has 1 amide bonds. The highest BCUT2D eigenvalue weighted by Gasteiger charge is 2.49. The van der Waals surface area contributed by atoms with Crippen molar-refractivity contribution in [3.05, 3.63) is 17.5 Å². The molecule has 1 aliphatic carbocycles. The van der Waals surface area contributed by atoms with Crippen molar-refractivity contribution in [3.8, 4) is 0 Å². The molecule has 2 atom stereocenters. The molecular weight excluding hydrogens is 287 g/mol. The Kier molecular flexibility index (Phi) is 3.43. The molecule has 2 heterocycles. The summed E-state index contributed by atoms with van der Waals surface area (Å²) in [6, 6.07) is 0.567. The van der Waals surface area contributed by atoms with Crippen LogP contribution < -0.4 is 5.32 Å². The van der Waals surface area contributed by atoms with Crippen molar-refractivity contribution in [2.24, 2.45) is 5.92 Å². The predicted molar refractivity (Wildman–Crippen MR) is 66.8 cm³/mol. The summed E-state index contributed by atoms with van der Waals surface area (Å²) in [5, 5.41) is 6.08. The summed E-state index contributed by atoms with van der Waals surface area (Å²) in [4.78, 5) is 13.6. The third-order valence-electron chi connectivity index (χ3n) is 3.98. The van der Waals surface area contributed by atoms with E-state index in [2.05, 4.69) is 10.5 Å². The summed E-state index contributed by atoms with van der Waals surface area (Å²) >= 11 is 0. The maximum Gasteiger partial charge on any atom is 0.395 e. The summed E-state index contributed by atoms with van der Waals surface area (Å²) in [6.07, 6.45) is -2.33. The molecule has 2 fully saturated rings. The van der Waals surface area contributed by atoms with Crippen LogP contribution in [-0.2, 0) is 0 Å². The van der Waals surface area contributed by atoms with Crippen molar-refractivity contribution in [1.29, 1.82) is 0 Å². The number of amides is 1. The number of nitrogens with zero attached hydrogens (tertiary/aromatic N) is 2. The number of likely N-dealkylation sites (N-methyl/N-ethyl adjacent to an activating group) is 1. The van der Waals surface area contributed by atoms with E-state index in [1.165, 1.54) is 6.07 Å². The monoisotopic (exact) mass is 303 g/mol. The molecule has 1 N–H and O–H groups in total. The smallest absolute Gasteiger partial charge is 0.360 e. The van der Waals surface area contributed by atoms with Gasteiger partial charge < -0.3 is 14.7 Å². The Labute approximate surface area is 119 Å².